The second kappa shape index (κ2) is 8.58. The predicted octanol–water partition coefficient (Wildman–Crippen LogP) is 3.24. The van der Waals surface area contributed by atoms with Crippen molar-refractivity contribution < 1.29 is 14.4 Å². The van der Waals surface area contributed by atoms with E-state index in [0.717, 1.165) is 11.1 Å². The molecule has 0 bridgehead atoms. The van der Waals surface area contributed by atoms with Gasteiger partial charge in [0.2, 0.25) is 0 Å². The Bertz CT molecular complexity index is 557. The van der Waals surface area contributed by atoms with Crippen molar-refractivity contribution in [2.75, 3.05) is 0 Å². The zero-order valence-electron chi connectivity index (χ0n) is 11.6. The highest BCUT2D eigenvalue weighted by molar-refractivity contribution is 6.39. The standard InChI is InChI=1S/C16H17NO3/c1-3-7-14-8-4-5-9-15(14)10-6-11-16(13(2)19)17-20-12-18/h3-10,12H,11H2,1-2H3/b7-3-,10-6-,17-16+. The molecule has 0 atom stereocenters. The molecule has 0 heterocycles. The fourth-order valence-electron chi connectivity index (χ4n) is 1.62. The number of benzene rings is 1. The van der Waals surface area contributed by atoms with Gasteiger partial charge < -0.3 is 4.84 Å². The van der Waals surface area contributed by atoms with E-state index in [1.165, 1.54) is 6.92 Å². The van der Waals surface area contributed by atoms with Gasteiger partial charge in [0.25, 0.3) is 0 Å². The fourth-order valence-corrected chi connectivity index (χ4v) is 1.62. The molecule has 0 aliphatic heterocycles. The number of Topliss-reactive ketones (excluding diaryl/α,β-unsaturated/α-hetero) is 1. The van der Waals surface area contributed by atoms with Gasteiger partial charge in [-0.1, -0.05) is 53.7 Å². The van der Waals surface area contributed by atoms with E-state index in [-0.39, 0.29) is 18.0 Å². The van der Waals surface area contributed by atoms with E-state index >= 15 is 0 Å². The van der Waals surface area contributed by atoms with Gasteiger partial charge in [-0.05, 0) is 18.1 Å². The first-order valence-corrected chi connectivity index (χ1v) is 6.24. The van der Waals surface area contributed by atoms with Crippen LogP contribution >= 0.6 is 0 Å². The fraction of sp³-hybridized carbons (Fsp3) is 0.188. The average Bonchev–Trinajstić information content (AvgIpc) is 2.44. The number of carbonyl (C=O) groups is 2. The Morgan fingerprint density at radius 2 is 1.90 bits per heavy atom. The van der Waals surface area contributed by atoms with Crippen LogP contribution in [-0.4, -0.2) is 18.0 Å². The number of nitrogens with zero attached hydrogens (tertiary/aromatic N) is 1. The lowest BCUT2D eigenvalue weighted by Gasteiger charge is -2.00. The second-order valence-electron chi connectivity index (χ2n) is 4.03. The van der Waals surface area contributed by atoms with Gasteiger partial charge in [-0.2, -0.15) is 0 Å². The third-order valence-electron chi connectivity index (χ3n) is 2.56. The molecule has 0 fully saturated rings. The Kier molecular flexibility index (Phi) is 6.68. The van der Waals surface area contributed by atoms with Crippen molar-refractivity contribution in [1.29, 1.82) is 0 Å². The molecule has 1 aromatic carbocycles. The zero-order valence-corrected chi connectivity index (χ0v) is 11.6. The molecule has 0 radical (unpaired) electrons. The highest BCUT2D eigenvalue weighted by Gasteiger charge is 2.04. The van der Waals surface area contributed by atoms with E-state index in [9.17, 15) is 9.59 Å². The SMILES string of the molecule is C/C=C\c1ccccc1/C=C\C/C(=N\OC=O)C(C)=O. The number of rotatable bonds is 7. The Balaban J connectivity index is 2.82. The molecule has 1 aromatic rings. The molecule has 1 rings (SSSR count). The molecule has 0 saturated heterocycles. The van der Waals surface area contributed by atoms with Crippen LogP contribution in [0.25, 0.3) is 12.2 Å². The van der Waals surface area contributed by atoms with Crippen molar-refractivity contribution in [2.24, 2.45) is 5.16 Å². The van der Waals surface area contributed by atoms with Crippen LogP contribution in [0.2, 0.25) is 0 Å². The first kappa shape index (κ1) is 15.6. The molecular weight excluding hydrogens is 254 g/mol. The lowest BCUT2D eigenvalue weighted by molar-refractivity contribution is -0.128. The van der Waals surface area contributed by atoms with E-state index in [1.807, 2.05) is 55.5 Å². The normalized spacial score (nSPS) is 12.0. The molecule has 0 saturated carbocycles. The molecule has 104 valence electrons. The summed E-state index contributed by atoms with van der Waals surface area (Å²) in [6, 6.07) is 7.91. The van der Waals surface area contributed by atoms with E-state index < -0.39 is 0 Å². The van der Waals surface area contributed by atoms with Crippen molar-refractivity contribution in [1.82, 2.24) is 0 Å². The summed E-state index contributed by atoms with van der Waals surface area (Å²) in [5, 5.41) is 3.47. The average molecular weight is 271 g/mol. The second-order valence-corrected chi connectivity index (χ2v) is 4.03. The van der Waals surface area contributed by atoms with E-state index in [0.29, 0.717) is 6.42 Å². The predicted molar refractivity (Wildman–Crippen MR) is 80.1 cm³/mol. The number of allylic oxidation sites excluding steroid dienone is 2. The van der Waals surface area contributed by atoms with Gasteiger partial charge in [0.1, 0.15) is 5.71 Å². The van der Waals surface area contributed by atoms with Crippen molar-refractivity contribution in [2.45, 2.75) is 20.3 Å². The Hall–Kier alpha value is -2.49. The zero-order chi connectivity index (χ0) is 14.8. The maximum atomic E-state index is 11.3. The van der Waals surface area contributed by atoms with Crippen molar-refractivity contribution in [3.05, 3.63) is 47.5 Å². The van der Waals surface area contributed by atoms with E-state index in [1.54, 1.807) is 0 Å². The summed E-state index contributed by atoms with van der Waals surface area (Å²) in [4.78, 5) is 25.6. The largest absolute Gasteiger partial charge is 0.323 e. The molecule has 0 aliphatic rings. The van der Waals surface area contributed by atoms with Gasteiger partial charge in [0.15, 0.2) is 5.78 Å². The molecule has 0 aromatic heterocycles. The smallest absolute Gasteiger partial charge is 0.321 e. The van der Waals surface area contributed by atoms with Crippen molar-refractivity contribution in [3.63, 3.8) is 0 Å². The molecule has 0 spiro atoms. The Morgan fingerprint density at radius 3 is 2.45 bits per heavy atom. The van der Waals surface area contributed by atoms with Crippen LogP contribution in [0.4, 0.5) is 0 Å². The highest BCUT2D eigenvalue weighted by atomic mass is 16.7. The van der Waals surface area contributed by atoms with E-state index in [4.69, 9.17) is 0 Å². The summed E-state index contributed by atoms with van der Waals surface area (Å²) in [7, 11) is 0. The van der Waals surface area contributed by atoms with Gasteiger partial charge in [-0.25, -0.2) is 0 Å². The van der Waals surface area contributed by atoms with Gasteiger partial charge in [-0.3, -0.25) is 9.59 Å². The van der Waals surface area contributed by atoms with Gasteiger partial charge in [0.05, 0.1) is 0 Å². The molecule has 20 heavy (non-hydrogen) atoms. The number of oxime groups is 1. The molecule has 4 heteroatoms. The maximum absolute atomic E-state index is 11.3. The Labute approximate surface area is 118 Å². The molecule has 0 unspecified atom stereocenters. The molecule has 4 nitrogen and oxygen atoms in total. The number of carbonyl (C=O) groups excluding carboxylic acids is 2. The minimum atomic E-state index is -0.224. The number of hydrogen-bond donors (Lipinski definition) is 0. The number of hydrogen-bond acceptors (Lipinski definition) is 4. The van der Waals surface area contributed by atoms with Crippen LogP contribution in [-0.2, 0) is 14.4 Å². The van der Waals surface area contributed by atoms with Crippen LogP contribution < -0.4 is 0 Å². The maximum Gasteiger partial charge on any atom is 0.323 e. The van der Waals surface area contributed by atoms with Crippen LogP contribution in [0.5, 0.6) is 0 Å². The van der Waals surface area contributed by atoms with Gasteiger partial charge >= 0.3 is 6.47 Å². The highest BCUT2D eigenvalue weighted by Crippen LogP contribution is 2.13. The monoisotopic (exact) mass is 271 g/mol. The molecule has 0 aliphatic carbocycles. The summed E-state index contributed by atoms with van der Waals surface area (Å²) < 4.78 is 0. The lowest BCUT2D eigenvalue weighted by atomic mass is 10.1. The third kappa shape index (κ3) is 5.02. The third-order valence-corrected chi connectivity index (χ3v) is 2.56. The number of ketones is 1. The summed E-state index contributed by atoms with van der Waals surface area (Å²) in [6.07, 6.45) is 8.01. The van der Waals surface area contributed by atoms with Gasteiger partial charge in [0, 0.05) is 13.3 Å². The lowest BCUT2D eigenvalue weighted by Crippen LogP contribution is -2.09. The summed E-state index contributed by atoms with van der Waals surface area (Å²) in [6.45, 7) is 3.53. The molecule has 0 amide bonds. The topological polar surface area (TPSA) is 55.7 Å². The summed E-state index contributed by atoms with van der Waals surface area (Å²) >= 11 is 0. The van der Waals surface area contributed by atoms with Crippen LogP contribution in [0.1, 0.15) is 31.4 Å². The van der Waals surface area contributed by atoms with Crippen LogP contribution in [0, 0.1) is 0 Å². The summed E-state index contributed by atoms with van der Waals surface area (Å²) in [5.41, 5.74) is 2.35. The van der Waals surface area contributed by atoms with Crippen LogP contribution in [0.15, 0.2) is 41.6 Å². The summed E-state index contributed by atoms with van der Waals surface area (Å²) in [5.74, 6) is -0.224. The van der Waals surface area contributed by atoms with E-state index in [2.05, 4.69) is 9.99 Å². The van der Waals surface area contributed by atoms with Gasteiger partial charge in [-0.15, -0.1) is 0 Å². The minimum absolute atomic E-state index is 0.188. The molecule has 0 N–H and O–H groups in total. The van der Waals surface area contributed by atoms with Crippen molar-refractivity contribution >= 4 is 30.1 Å². The first-order valence-electron chi connectivity index (χ1n) is 6.24. The quantitative estimate of drug-likeness (QED) is 0.331. The Morgan fingerprint density at radius 1 is 1.25 bits per heavy atom. The van der Waals surface area contributed by atoms with Crippen molar-refractivity contribution in [3.8, 4) is 0 Å². The minimum Gasteiger partial charge on any atom is -0.321 e. The first-order chi connectivity index (χ1) is 9.69. The van der Waals surface area contributed by atoms with Crippen LogP contribution in [0.3, 0.4) is 0 Å². The molecular formula is C16H17NO3.